The van der Waals surface area contributed by atoms with Gasteiger partial charge in [-0.1, -0.05) is 30.3 Å². The predicted octanol–water partition coefficient (Wildman–Crippen LogP) is 1.21. The van der Waals surface area contributed by atoms with Crippen LogP contribution in [0.5, 0.6) is 0 Å². The zero-order valence-electron chi connectivity index (χ0n) is 13.3. The van der Waals surface area contributed by atoms with Gasteiger partial charge in [0, 0.05) is 25.2 Å². The average Bonchev–Trinajstić information content (AvgIpc) is 3.23. The Hall–Kier alpha value is -2.70. The number of piperidine rings is 1. The zero-order chi connectivity index (χ0) is 16.6. The molecule has 1 atom stereocenters. The van der Waals surface area contributed by atoms with Crippen LogP contribution in [0.25, 0.3) is 11.3 Å². The van der Waals surface area contributed by atoms with Crippen molar-refractivity contribution < 1.29 is 9.59 Å². The van der Waals surface area contributed by atoms with Gasteiger partial charge in [0.15, 0.2) is 5.69 Å². The molecule has 0 saturated carbocycles. The molecule has 0 bridgehead atoms. The Morgan fingerprint density at radius 2 is 2.00 bits per heavy atom. The second-order valence-electron chi connectivity index (χ2n) is 6.50. The van der Waals surface area contributed by atoms with Crippen molar-refractivity contribution in [2.75, 3.05) is 19.6 Å². The molecule has 7 heteroatoms. The number of benzene rings is 1. The first-order valence-electron chi connectivity index (χ1n) is 8.23. The molecule has 2 fully saturated rings. The molecule has 7 nitrogen and oxygen atoms in total. The van der Waals surface area contributed by atoms with Gasteiger partial charge in [-0.25, -0.2) is 0 Å². The van der Waals surface area contributed by atoms with Crippen LogP contribution >= 0.6 is 0 Å². The molecule has 24 heavy (non-hydrogen) atoms. The van der Waals surface area contributed by atoms with Gasteiger partial charge < -0.3 is 10.2 Å². The molecule has 1 aromatic heterocycles. The molecule has 1 aromatic carbocycles. The van der Waals surface area contributed by atoms with E-state index < -0.39 is 5.41 Å². The quantitative estimate of drug-likeness (QED) is 0.868. The second kappa shape index (κ2) is 5.74. The highest BCUT2D eigenvalue weighted by Gasteiger charge is 2.46. The van der Waals surface area contributed by atoms with Gasteiger partial charge in [0.1, 0.15) is 5.69 Å². The molecule has 0 aliphatic carbocycles. The first-order chi connectivity index (χ1) is 11.7. The maximum atomic E-state index is 13.0. The molecule has 2 N–H and O–H groups in total. The molecule has 2 aliphatic heterocycles. The van der Waals surface area contributed by atoms with Gasteiger partial charge in [-0.15, -0.1) is 0 Å². The third-order valence-electron chi connectivity index (χ3n) is 5.03. The Bertz CT molecular complexity index is 772. The summed E-state index contributed by atoms with van der Waals surface area (Å²) in [6, 6.07) is 9.51. The lowest BCUT2D eigenvalue weighted by Crippen LogP contribution is -2.49. The number of carbonyl (C=O) groups is 2. The van der Waals surface area contributed by atoms with E-state index in [-0.39, 0.29) is 11.8 Å². The van der Waals surface area contributed by atoms with Crippen LogP contribution in [0.3, 0.4) is 0 Å². The van der Waals surface area contributed by atoms with Gasteiger partial charge in [-0.3, -0.25) is 9.59 Å². The van der Waals surface area contributed by atoms with E-state index in [9.17, 15) is 9.59 Å². The Kier molecular flexibility index (Phi) is 3.55. The maximum Gasteiger partial charge on any atom is 0.276 e. The number of likely N-dealkylation sites (tertiary alicyclic amines) is 1. The minimum Gasteiger partial charge on any atom is -0.356 e. The normalized spacial score (nSPS) is 23.5. The summed E-state index contributed by atoms with van der Waals surface area (Å²) in [7, 11) is 0. The highest BCUT2D eigenvalue weighted by atomic mass is 16.2. The van der Waals surface area contributed by atoms with E-state index >= 15 is 0 Å². The highest BCUT2D eigenvalue weighted by Crippen LogP contribution is 2.37. The Balaban J connectivity index is 1.61. The van der Waals surface area contributed by atoms with Crippen LogP contribution in [0.15, 0.2) is 30.3 Å². The largest absolute Gasteiger partial charge is 0.356 e. The fourth-order valence-electron chi connectivity index (χ4n) is 3.74. The van der Waals surface area contributed by atoms with Crippen molar-refractivity contribution in [2.45, 2.75) is 19.3 Å². The molecular formula is C17H19N5O2. The van der Waals surface area contributed by atoms with E-state index in [1.54, 1.807) is 4.90 Å². The van der Waals surface area contributed by atoms with E-state index in [2.05, 4.69) is 20.7 Å². The van der Waals surface area contributed by atoms with Gasteiger partial charge >= 0.3 is 0 Å². The Labute approximate surface area is 139 Å². The van der Waals surface area contributed by atoms with Gasteiger partial charge in [0.25, 0.3) is 5.91 Å². The summed E-state index contributed by atoms with van der Waals surface area (Å²) in [6.45, 7) is 1.80. The molecule has 2 amide bonds. The molecule has 4 rings (SSSR count). The molecule has 2 aliphatic rings. The first kappa shape index (κ1) is 14.9. The van der Waals surface area contributed by atoms with Gasteiger partial charge in [-0.05, 0) is 19.3 Å². The summed E-state index contributed by atoms with van der Waals surface area (Å²) in [5.74, 6) is -0.0928. The number of nitrogens with zero attached hydrogens (tertiary/aromatic N) is 3. The number of aromatic nitrogens is 3. The molecular weight excluding hydrogens is 306 g/mol. The van der Waals surface area contributed by atoms with E-state index in [0.29, 0.717) is 31.0 Å². The molecule has 1 unspecified atom stereocenters. The fourth-order valence-corrected chi connectivity index (χ4v) is 3.74. The molecule has 0 radical (unpaired) electrons. The summed E-state index contributed by atoms with van der Waals surface area (Å²) < 4.78 is 0. The van der Waals surface area contributed by atoms with E-state index in [0.717, 1.165) is 24.8 Å². The van der Waals surface area contributed by atoms with Crippen LogP contribution in [-0.2, 0) is 4.79 Å². The van der Waals surface area contributed by atoms with E-state index in [1.807, 2.05) is 30.3 Å². The number of hydrogen-bond donors (Lipinski definition) is 2. The van der Waals surface area contributed by atoms with Crippen LogP contribution in [0, 0.1) is 5.41 Å². The second-order valence-corrected chi connectivity index (χ2v) is 6.50. The summed E-state index contributed by atoms with van der Waals surface area (Å²) in [5.41, 5.74) is 1.29. The van der Waals surface area contributed by atoms with Crippen LogP contribution < -0.4 is 5.32 Å². The molecule has 3 heterocycles. The zero-order valence-corrected chi connectivity index (χ0v) is 13.3. The molecule has 2 saturated heterocycles. The number of H-pyrrole nitrogens is 1. The lowest BCUT2D eigenvalue weighted by molar-refractivity contribution is -0.129. The number of rotatable bonds is 2. The third kappa shape index (κ3) is 2.36. The number of amides is 2. The summed E-state index contributed by atoms with van der Waals surface area (Å²) in [4.78, 5) is 26.9. The van der Waals surface area contributed by atoms with Crippen molar-refractivity contribution in [1.29, 1.82) is 0 Å². The number of hydrogen-bond acceptors (Lipinski definition) is 4. The average molecular weight is 325 g/mol. The van der Waals surface area contributed by atoms with Crippen molar-refractivity contribution in [3.63, 3.8) is 0 Å². The topological polar surface area (TPSA) is 91.0 Å². The number of carbonyl (C=O) groups excluding carboxylic acids is 2. The van der Waals surface area contributed by atoms with Crippen molar-refractivity contribution in [1.82, 2.24) is 25.6 Å². The lowest BCUT2D eigenvalue weighted by atomic mass is 9.78. The van der Waals surface area contributed by atoms with Gasteiger partial charge in [-0.2, -0.15) is 15.4 Å². The van der Waals surface area contributed by atoms with Gasteiger partial charge in [0.05, 0.1) is 5.41 Å². The summed E-state index contributed by atoms with van der Waals surface area (Å²) in [6.07, 6.45) is 2.46. The van der Waals surface area contributed by atoms with Crippen LogP contribution in [0.4, 0.5) is 0 Å². The van der Waals surface area contributed by atoms with Crippen molar-refractivity contribution >= 4 is 11.8 Å². The predicted molar refractivity (Wildman–Crippen MR) is 87.0 cm³/mol. The smallest absolute Gasteiger partial charge is 0.276 e. The third-order valence-corrected chi connectivity index (χ3v) is 5.03. The Morgan fingerprint density at radius 1 is 1.17 bits per heavy atom. The van der Waals surface area contributed by atoms with Crippen LogP contribution in [0.2, 0.25) is 0 Å². The minimum absolute atomic E-state index is 0.0726. The standard InChI is InChI=1S/C17H19N5O2/c23-15(14-13(19-21-20-14)12-5-2-1-3-6-12)22-10-4-7-17(11-22)8-9-18-16(17)24/h1-3,5-6H,4,7-11H2,(H,18,24)(H,19,20,21). The summed E-state index contributed by atoms with van der Waals surface area (Å²) >= 11 is 0. The number of nitrogens with one attached hydrogen (secondary N) is 2. The SMILES string of the molecule is O=C(c1n[nH]nc1-c1ccccc1)N1CCCC2(CCNC2=O)C1. The van der Waals surface area contributed by atoms with Crippen LogP contribution in [-0.4, -0.2) is 51.8 Å². The first-order valence-corrected chi connectivity index (χ1v) is 8.23. The fraction of sp³-hybridized carbons (Fsp3) is 0.412. The lowest BCUT2D eigenvalue weighted by Gasteiger charge is -2.38. The van der Waals surface area contributed by atoms with Crippen LogP contribution in [0.1, 0.15) is 29.8 Å². The van der Waals surface area contributed by atoms with Crippen molar-refractivity contribution in [3.05, 3.63) is 36.0 Å². The molecule has 124 valence electrons. The maximum absolute atomic E-state index is 13.0. The number of aromatic amines is 1. The Morgan fingerprint density at radius 3 is 2.75 bits per heavy atom. The van der Waals surface area contributed by atoms with E-state index in [4.69, 9.17) is 0 Å². The summed E-state index contributed by atoms with van der Waals surface area (Å²) in [5, 5.41) is 13.7. The monoisotopic (exact) mass is 325 g/mol. The highest BCUT2D eigenvalue weighted by molar-refractivity contribution is 5.98. The minimum atomic E-state index is -0.426. The van der Waals surface area contributed by atoms with Crippen molar-refractivity contribution in [2.24, 2.45) is 5.41 Å². The van der Waals surface area contributed by atoms with Crippen molar-refractivity contribution in [3.8, 4) is 11.3 Å². The molecule has 1 spiro atoms. The van der Waals surface area contributed by atoms with Gasteiger partial charge in [0.2, 0.25) is 5.91 Å². The molecule has 2 aromatic rings. The van der Waals surface area contributed by atoms with E-state index in [1.165, 1.54) is 0 Å².